The highest BCUT2D eigenvalue weighted by Gasteiger charge is 2.10. The van der Waals surface area contributed by atoms with Gasteiger partial charge in [-0.05, 0) is 37.3 Å². The fourth-order valence-electron chi connectivity index (χ4n) is 1.61. The molecule has 0 saturated heterocycles. The Hall–Kier alpha value is -1.32. The Balaban J connectivity index is 2.30. The molecule has 0 aliphatic rings. The highest BCUT2D eigenvalue weighted by molar-refractivity contribution is 6.33. The maximum absolute atomic E-state index is 12.9. The van der Waals surface area contributed by atoms with Gasteiger partial charge in [-0.25, -0.2) is 4.39 Å². The van der Waals surface area contributed by atoms with Crippen molar-refractivity contribution in [3.05, 3.63) is 46.9 Å². The number of hydrogen-bond donors (Lipinski definition) is 1. The van der Waals surface area contributed by atoms with Gasteiger partial charge in [0.1, 0.15) is 17.3 Å². The predicted molar refractivity (Wildman–Crippen MR) is 64.5 cm³/mol. The third-order valence-corrected chi connectivity index (χ3v) is 2.67. The molecule has 17 heavy (non-hydrogen) atoms. The van der Waals surface area contributed by atoms with E-state index in [1.165, 1.54) is 12.1 Å². The molecule has 0 radical (unpaired) electrons. The summed E-state index contributed by atoms with van der Waals surface area (Å²) in [6.07, 6.45) is -0.0172. The van der Waals surface area contributed by atoms with Gasteiger partial charge in [-0.2, -0.15) is 0 Å². The Kier molecular flexibility index (Phi) is 3.50. The van der Waals surface area contributed by atoms with Crippen molar-refractivity contribution < 1.29 is 13.9 Å². The van der Waals surface area contributed by atoms with Crippen LogP contribution in [0.4, 0.5) is 4.39 Å². The van der Waals surface area contributed by atoms with E-state index in [1.807, 2.05) is 0 Å². The fourth-order valence-corrected chi connectivity index (χ4v) is 1.87. The second-order valence-corrected chi connectivity index (χ2v) is 4.35. The molecule has 1 aromatic heterocycles. The lowest BCUT2D eigenvalue weighted by molar-refractivity contribution is 0.187. The van der Waals surface area contributed by atoms with E-state index in [1.54, 1.807) is 25.1 Å². The molecule has 0 aliphatic heterocycles. The zero-order valence-electron chi connectivity index (χ0n) is 9.28. The molecule has 2 rings (SSSR count). The lowest BCUT2D eigenvalue weighted by Gasteiger charge is -2.02. The van der Waals surface area contributed by atoms with Crippen molar-refractivity contribution >= 4 is 11.6 Å². The van der Waals surface area contributed by atoms with Crippen LogP contribution in [0.5, 0.6) is 0 Å². The molecule has 1 unspecified atom stereocenters. The van der Waals surface area contributed by atoms with Crippen LogP contribution in [0.2, 0.25) is 5.02 Å². The van der Waals surface area contributed by atoms with Gasteiger partial charge in [0, 0.05) is 12.0 Å². The number of aliphatic hydroxyl groups is 1. The summed E-state index contributed by atoms with van der Waals surface area (Å²) < 4.78 is 18.4. The Labute approximate surface area is 104 Å². The van der Waals surface area contributed by atoms with E-state index in [0.29, 0.717) is 28.5 Å². The molecule has 0 spiro atoms. The summed E-state index contributed by atoms with van der Waals surface area (Å²) >= 11 is 5.93. The van der Waals surface area contributed by atoms with Crippen molar-refractivity contribution in [1.29, 1.82) is 0 Å². The van der Waals surface area contributed by atoms with E-state index in [-0.39, 0.29) is 5.82 Å². The number of hydrogen-bond acceptors (Lipinski definition) is 2. The second-order valence-electron chi connectivity index (χ2n) is 3.94. The number of halogens is 2. The van der Waals surface area contributed by atoms with Gasteiger partial charge in [-0.15, -0.1) is 0 Å². The summed E-state index contributed by atoms with van der Waals surface area (Å²) in [7, 11) is 0. The third kappa shape index (κ3) is 2.87. The SMILES string of the molecule is CC(O)Cc1ccc(-c2ccc(F)cc2Cl)o1. The summed E-state index contributed by atoms with van der Waals surface area (Å²) in [6, 6.07) is 7.69. The molecular formula is C13H12ClFO2. The van der Waals surface area contributed by atoms with Gasteiger partial charge >= 0.3 is 0 Å². The maximum atomic E-state index is 12.9. The van der Waals surface area contributed by atoms with Gasteiger partial charge in [0.25, 0.3) is 0 Å². The van der Waals surface area contributed by atoms with Crippen molar-refractivity contribution in [3.8, 4) is 11.3 Å². The number of benzene rings is 1. The summed E-state index contributed by atoms with van der Waals surface area (Å²) in [4.78, 5) is 0. The van der Waals surface area contributed by atoms with E-state index in [2.05, 4.69) is 0 Å². The van der Waals surface area contributed by atoms with Crippen LogP contribution in [0.15, 0.2) is 34.7 Å². The Morgan fingerprint density at radius 1 is 1.35 bits per heavy atom. The first kappa shape index (κ1) is 12.1. The fraction of sp³-hybridized carbons (Fsp3) is 0.231. The van der Waals surface area contributed by atoms with E-state index >= 15 is 0 Å². The normalized spacial score (nSPS) is 12.7. The van der Waals surface area contributed by atoms with Gasteiger partial charge in [-0.3, -0.25) is 0 Å². The topological polar surface area (TPSA) is 33.4 Å². The quantitative estimate of drug-likeness (QED) is 0.907. The molecular weight excluding hydrogens is 243 g/mol. The molecule has 1 aromatic carbocycles. The minimum absolute atomic E-state index is 0.308. The van der Waals surface area contributed by atoms with Gasteiger partial charge in [0.05, 0.1) is 11.1 Å². The van der Waals surface area contributed by atoms with Crippen LogP contribution < -0.4 is 0 Å². The molecule has 0 saturated carbocycles. The monoisotopic (exact) mass is 254 g/mol. The average Bonchev–Trinajstić information content (AvgIpc) is 2.65. The first-order valence-corrected chi connectivity index (χ1v) is 5.66. The summed E-state index contributed by atoms with van der Waals surface area (Å²) in [5.41, 5.74) is 0.643. The van der Waals surface area contributed by atoms with Crippen molar-refractivity contribution in [3.63, 3.8) is 0 Å². The number of furan rings is 1. The van der Waals surface area contributed by atoms with Crippen LogP contribution in [-0.4, -0.2) is 11.2 Å². The zero-order chi connectivity index (χ0) is 12.4. The molecule has 2 nitrogen and oxygen atoms in total. The van der Waals surface area contributed by atoms with E-state index in [9.17, 15) is 9.50 Å². The van der Waals surface area contributed by atoms with Crippen LogP contribution in [-0.2, 0) is 6.42 Å². The lowest BCUT2D eigenvalue weighted by Crippen LogP contribution is -2.02. The number of aliphatic hydroxyl groups excluding tert-OH is 1. The van der Waals surface area contributed by atoms with Gasteiger partial charge in [0.15, 0.2) is 0 Å². The molecule has 1 N–H and O–H groups in total. The highest BCUT2D eigenvalue weighted by atomic mass is 35.5. The smallest absolute Gasteiger partial charge is 0.135 e. The summed E-state index contributed by atoms with van der Waals surface area (Å²) in [5, 5.41) is 9.55. The van der Waals surface area contributed by atoms with Crippen molar-refractivity contribution in [1.82, 2.24) is 0 Å². The van der Waals surface area contributed by atoms with Gasteiger partial charge in [-0.1, -0.05) is 11.6 Å². The molecule has 1 atom stereocenters. The van der Waals surface area contributed by atoms with Crippen molar-refractivity contribution in [2.75, 3.05) is 0 Å². The molecule has 90 valence electrons. The first-order valence-electron chi connectivity index (χ1n) is 5.28. The van der Waals surface area contributed by atoms with Crippen LogP contribution in [0, 0.1) is 5.82 Å². The molecule has 0 fully saturated rings. The Morgan fingerprint density at radius 3 is 2.76 bits per heavy atom. The first-order chi connectivity index (χ1) is 8.06. The second kappa shape index (κ2) is 4.90. The molecule has 4 heteroatoms. The largest absolute Gasteiger partial charge is 0.461 e. The average molecular weight is 255 g/mol. The van der Waals surface area contributed by atoms with E-state index in [0.717, 1.165) is 0 Å². The Morgan fingerprint density at radius 2 is 2.12 bits per heavy atom. The molecule has 0 bridgehead atoms. The highest BCUT2D eigenvalue weighted by Crippen LogP contribution is 2.30. The Bertz CT molecular complexity index is 520. The minimum Gasteiger partial charge on any atom is -0.461 e. The molecule has 2 aromatic rings. The summed E-state index contributed by atoms with van der Waals surface area (Å²) in [5.74, 6) is 0.871. The maximum Gasteiger partial charge on any atom is 0.135 e. The van der Waals surface area contributed by atoms with Crippen molar-refractivity contribution in [2.45, 2.75) is 19.4 Å². The van der Waals surface area contributed by atoms with Gasteiger partial charge < -0.3 is 9.52 Å². The molecule has 0 amide bonds. The molecule has 1 heterocycles. The van der Waals surface area contributed by atoms with E-state index < -0.39 is 6.10 Å². The standard InChI is InChI=1S/C13H12ClFO2/c1-8(16)6-10-3-5-13(17-10)11-4-2-9(15)7-12(11)14/h2-5,7-8,16H,6H2,1H3. The van der Waals surface area contributed by atoms with Crippen molar-refractivity contribution in [2.24, 2.45) is 0 Å². The van der Waals surface area contributed by atoms with Crippen LogP contribution >= 0.6 is 11.6 Å². The van der Waals surface area contributed by atoms with E-state index in [4.69, 9.17) is 16.0 Å². The number of rotatable bonds is 3. The minimum atomic E-state index is -0.460. The van der Waals surface area contributed by atoms with Crippen LogP contribution in [0.1, 0.15) is 12.7 Å². The van der Waals surface area contributed by atoms with Crippen LogP contribution in [0.25, 0.3) is 11.3 Å². The lowest BCUT2D eigenvalue weighted by atomic mass is 10.2. The molecule has 0 aliphatic carbocycles. The van der Waals surface area contributed by atoms with Crippen LogP contribution in [0.3, 0.4) is 0 Å². The predicted octanol–water partition coefficient (Wildman–Crippen LogP) is 3.66. The third-order valence-electron chi connectivity index (χ3n) is 2.35. The summed E-state index contributed by atoms with van der Waals surface area (Å²) in [6.45, 7) is 1.69. The van der Waals surface area contributed by atoms with Gasteiger partial charge in [0.2, 0.25) is 0 Å². The zero-order valence-corrected chi connectivity index (χ0v) is 10.0.